The predicted octanol–water partition coefficient (Wildman–Crippen LogP) is 2.60. The number of rotatable bonds is 4. The van der Waals surface area contributed by atoms with Crippen LogP contribution in [0.3, 0.4) is 0 Å². The first-order valence-electron chi connectivity index (χ1n) is 6.78. The number of carbonyl (C=O) groups is 1. The molecule has 1 saturated carbocycles. The van der Waals surface area contributed by atoms with Crippen molar-refractivity contribution in [2.75, 3.05) is 6.54 Å². The van der Waals surface area contributed by atoms with E-state index >= 15 is 0 Å². The molecule has 3 N–H and O–H groups in total. The Labute approximate surface area is 112 Å². The van der Waals surface area contributed by atoms with Crippen molar-refractivity contribution >= 4 is 5.91 Å². The van der Waals surface area contributed by atoms with Gasteiger partial charge in [0.05, 0.1) is 0 Å². The Morgan fingerprint density at radius 3 is 2.53 bits per heavy atom. The van der Waals surface area contributed by atoms with E-state index in [9.17, 15) is 18.0 Å². The van der Waals surface area contributed by atoms with Crippen molar-refractivity contribution in [3.05, 3.63) is 0 Å². The molecule has 3 atom stereocenters. The second-order valence-corrected chi connectivity index (χ2v) is 5.88. The van der Waals surface area contributed by atoms with Crippen molar-refractivity contribution in [3.8, 4) is 0 Å². The van der Waals surface area contributed by atoms with Crippen molar-refractivity contribution in [1.82, 2.24) is 5.32 Å². The summed E-state index contributed by atoms with van der Waals surface area (Å²) in [5, 5.41) is 2.31. The molecule has 0 aromatic rings. The molecular weight excluding hydrogens is 257 g/mol. The molecule has 1 aliphatic rings. The van der Waals surface area contributed by atoms with E-state index in [4.69, 9.17) is 5.73 Å². The van der Waals surface area contributed by atoms with Gasteiger partial charge in [0.2, 0.25) is 5.91 Å². The minimum absolute atomic E-state index is 0.263. The molecular formula is C13H23F3N2O. The minimum Gasteiger partial charge on any atom is -0.354 e. The van der Waals surface area contributed by atoms with E-state index in [1.807, 2.05) is 0 Å². The molecule has 3 nitrogen and oxygen atoms in total. The lowest BCUT2D eigenvalue weighted by atomic mass is 9.81. The molecule has 0 bridgehead atoms. The molecule has 1 amide bonds. The maximum absolute atomic E-state index is 12.5. The highest BCUT2D eigenvalue weighted by atomic mass is 19.4. The van der Waals surface area contributed by atoms with Gasteiger partial charge in [-0.15, -0.1) is 0 Å². The lowest BCUT2D eigenvalue weighted by Gasteiger charge is -2.28. The Hall–Kier alpha value is -0.780. The van der Waals surface area contributed by atoms with Crippen LogP contribution < -0.4 is 11.1 Å². The molecule has 1 rings (SSSR count). The van der Waals surface area contributed by atoms with Crippen molar-refractivity contribution in [2.24, 2.45) is 17.6 Å². The second-order valence-electron chi connectivity index (χ2n) is 5.88. The third-order valence-corrected chi connectivity index (χ3v) is 3.94. The number of alkyl halides is 3. The van der Waals surface area contributed by atoms with Crippen LogP contribution in [0.5, 0.6) is 0 Å². The zero-order chi connectivity index (χ0) is 14.7. The topological polar surface area (TPSA) is 55.1 Å². The van der Waals surface area contributed by atoms with Gasteiger partial charge in [-0.05, 0) is 31.6 Å². The number of nitrogens with one attached hydrogen (secondary N) is 1. The number of hydrogen-bond donors (Lipinski definition) is 2. The largest absolute Gasteiger partial charge is 0.415 e. The van der Waals surface area contributed by atoms with Crippen molar-refractivity contribution in [1.29, 1.82) is 0 Å². The third kappa shape index (κ3) is 4.37. The van der Waals surface area contributed by atoms with Gasteiger partial charge in [-0.25, -0.2) is 0 Å². The Morgan fingerprint density at radius 2 is 2.00 bits per heavy atom. The lowest BCUT2D eigenvalue weighted by molar-refractivity contribution is -0.187. The summed E-state index contributed by atoms with van der Waals surface area (Å²) in [4.78, 5) is 11.5. The lowest BCUT2D eigenvalue weighted by Crippen LogP contribution is -2.61. The van der Waals surface area contributed by atoms with Gasteiger partial charge in [-0.3, -0.25) is 4.79 Å². The molecule has 0 radical (unpaired) electrons. The van der Waals surface area contributed by atoms with Crippen molar-refractivity contribution in [3.63, 3.8) is 0 Å². The van der Waals surface area contributed by atoms with E-state index in [0.29, 0.717) is 18.8 Å². The van der Waals surface area contributed by atoms with Gasteiger partial charge in [-0.1, -0.05) is 26.2 Å². The Morgan fingerprint density at radius 1 is 1.37 bits per heavy atom. The molecule has 1 fully saturated rings. The van der Waals surface area contributed by atoms with Crippen LogP contribution in [0.25, 0.3) is 0 Å². The van der Waals surface area contributed by atoms with Gasteiger partial charge in [0.1, 0.15) is 0 Å². The summed E-state index contributed by atoms with van der Waals surface area (Å²) in [7, 11) is 0. The van der Waals surface area contributed by atoms with Crippen LogP contribution in [0.4, 0.5) is 13.2 Å². The SMILES string of the molecule is CC1CCCC(CCNC(=O)C(C)(N)C(F)(F)F)C1. The quantitative estimate of drug-likeness (QED) is 0.831. The normalized spacial score (nSPS) is 27.7. The first-order valence-corrected chi connectivity index (χ1v) is 6.78. The van der Waals surface area contributed by atoms with Crippen molar-refractivity contribution < 1.29 is 18.0 Å². The van der Waals surface area contributed by atoms with Crippen LogP contribution in [0, 0.1) is 11.8 Å². The molecule has 0 heterocycles. The highest BCUT2D eigenvalue weighted by Crippen LogP contribution is 2.31. The number of carbonyl (C=O) groups excluding carboxylic acids is 1. The summed E-state index contributed by atoms with van der Waals surface area (Å²) in [6.45, 7) is 3.15. The number of halogens is 3. The van der Waals surface area contributed by atoms with E-state index in [1.54, 1.807) is 0 Å². The van der Waals surface area contributed by atoms with Crippen LogP contribution in [0.15, 0.2) is 0 Å². The molecule has 0 saturated heterocycles. The van der Waals surface area contributed by atoms with Gasteiger partial charge in [0.25, 0.3) is 0 Å². The Balaban J connectivity index is 2.35. The zero-order valence-corrected chi connectivity index (χ0v) is 11.5. The highest BCUT2D eigenvalue weighted by molar-refractivity contribution is 5.86. The first kappa shape index (κ1) is 16.3. The van der Waals surface area contributed by atoms with Crippen LogP contribution in [-0.4, -0.2) is 24.2 Å². The van der Waals surface area contributed by atoms with Crippen LogP contribution >= 0.6 is 0 Å². The summed E-state index contributed by atoms with van der Waals surface area (Å²) < 4.78 is 37.6. The molecule has 112 valence electrons. The number of amides is 1. The van der Waals surface area contributed by atoms with E-state index in [2.05, 4.69) is 12.2 Å². The fraction of sp³-hybridized carbons (Fsp3) is 0.923. The fourth-order valence-corrected chi connectivity index (χ4v) is 2.52. The van der Waals surface area contributed by atoms with Gasteiger partial charge in [0.15, 0.2) is 5.54 Å². The molecule has 0 aliphatic heterocycles. The standard InChI is InChI=1S/C13H23F3N2O/c1-9-4-3-5-10(8-9)6-7-18-11(19)12(2,17)13(14,15)16/h9-10H,3-8,17H2,1-2H3,(H,18,19). The summed E-state index contributed by atoms with van der Waals surface area (Å²) in [6, 6.07) is 0. The van der Waals surface area contributed by atoms with Crippen LogP contribution in [0.2, 0.25) is 0 Å². The van der Waals surface area contributed by atoms with Crippen molar-refractivity contribution in [2.45, 2.75) is 57.7 Å². The number of nitrogens with two attached hydrogens (primary N) is 1. The van der Waals surface area contributed by atoms with E-state index in [-0.39, 0.29) is 6.54 Å². The molecule has 0 aromatic heterocycles. The van der Waals surface area contributed by atoms with Gasteiger partial charge in [0, 0.05) is 6.54 Å². The first-order chi connectivity index (χ1) is 8.64. The molecule has 1 aliphatic carbocycles. The van der Waals surface area contributed by atoms with E-state index in [1.165, 1.54) is 6.42 Å². The monoisotopic (exact) mass is 280 g/mol. The van der Waals surface area contributed by atoms with Crippen LogP contribution in [-0.2, 0) is 4.79 Å². The summed E-state index contributed by atoms with van der Waals surface area (Å²) >= 11 is 0. The summed E-state index contributed by atoms with van der Waals surface area (Å²) in [5.74, 6) is 0.0206. The van der Waals surface area contributed by atoms with Gasteiger partial charge < -0.3 is 11.1 Å². The average molecular weight is 280 g/mol. The molecule has 0 aromatic carbocycles. The highest BCUT2D eigenvalue weighted by Gasteiger charge is 2.53. The summed E-state index contributed by atoms with van der Waals surface area (Å²) in [5.41, 5.74) is 2.23. The zero-order valence-electron chi connectivity index (χ0n) is 11.5. The minimum atomic E-state index is -4.73. The average Bonchev–Trinajstić information content (AvgIpc) is 2.27. The van der Waals surface area contributed by atoms with E-state index in [0.717, 1.165) is 25.7 Å². The van der Waals surface area contributed by atoms with Gasteiger partial charge >= 0.3 is 6.18 Å². The summed E-state index contributed by atoms with van der Waals surface area (Å²) in [6.07, 6.45) is 0.573. The molecule has 19 heavy (non-hydrogen) atoms. The maximum atomic E-state index is 12.5. The third-order valence-electron chi connectivity index (χ3n) is 3.94. The van der Waals surface area contributed by atoms with Gasteiger partial charge in [-0.2, -0.15) is 13.2 Å². The molecule has 0 spiro atoms. The Kier molecular flexibility index (Phi) is 5.24. The van der Waals surface area contributed by atoms with Crippen LogP contribution in [0.1, 0.15) is 46.0 Å². The molecule has 6 heteroatoms. The maximum Gasteiger partial charge on any atom is 0.415 e. The second kappa shape index (κ2) is 6.11. The Bertz CT molecular complexity index is 316. The smallest absolute Gasteiger partial charge is 0.354 e. The molecule has 3 unspecified atom stereocenters. The predicted molar refractivity (Wildman–Crippen MR) is 67.4 cm³/mol. The van der Waals surface area contributed by atoms with E-state index < -0.39 is 17.6 Å². The number of hydrogen-bond acceptors (Lipinski definition) is 2. The fourth-order valence-electron chi connectivity index (χ4n) is 2.52.